The summed E-state index contributed by atoms with van der Waals surface area (Å²) in [6, 6.07) is 0. The molecule has 0 aliphatic heterocycles. The number of rotatable bonds is 1. The van der Waals surface area contributed by atoms with E-state index in [9.17, 15) is 0 Å². The molecule has 56 valence electrons. The average Bonchev–Trinajstić information content (AvgIpc) is 1.94. The highest BCUT2D eigenvalue weighted by Gasteiger charge is 2.11. The van der Waals surface area contributed by atoms with Crippen molar-refractivity contribution < 1.29 is 0 Å². The van der Waals surface area contributed by atoms with Crippen molar-refractivity contribution in [1.82, 2.24) is 0 Å². The van der Waals surface area contributed by atoms with Crippen LogP contribution in [0.1, 0.15) is 33.6 Å². The Morgan fingerprint density at radius 2 is 2.10 bits per heavy atom. The topological polar surface area (TPSA) is 0 Å². The van der Waals surface area contributed by atoms with Crippen molar-refractivity contribution in [2.24, 2.45) is 5.92 Å². The van der Waals surface area contributed by atoms with E-state index in [1.807, 2.05) is 0 Å². The molecule has 1 unspecified atom stereocenters. The predicted molar refractivity (Wildman–Crippen MR) is 45.9 cm³/mol. The lowest BCUT2D eigenvalue weighted by atomic mass is 9.87. The van der Waals surface area contributed by atoms with Crippen molar-refractivity contribution in [1.29, 1.82) is 0 Å². The number of hydrogen-bond acceptors (Lipinski definition) is 0. The molecule has 0 nitrogen and oxygen atoms in total. The second kappa shape index (κ2) is 3.05. The zero-order valence-electron chi connectivity index (χ0n) is 7.15. The summed E-state index contributed by atoms with van der Waals surface area (Å²) in [5.41, 5.74) is 3.07. The zero-order valence-corrected chi connectivity index (χ0v) is 7.15. The fourth-order valence-electron chi connectivity index (χ4n) is 1.49. The first kappa shape index (κ1) is 7.59. The maximum atomic E-state index is 2.26. The van der Waals surface area contributed by atoms with E-state index in [1.54, 1.807) is 5.57 Å². The minimum absolute atomic E-state index is 0.824. The molecular weight excluding hydrogens is 120 g/mol. The molecular formula is C10H16. The molecule has 1 atom stereocenters. The fourth-order valence-corrected chi connectivity index (χ4v) is 1.49. The molecule has 0 spiro atoms. The minimum atomic E-state index is 0.824. The highest BCUT2D eigenvalue weighted by Crippen LogP contribution is 2.26. The molecule has 0 fully saturated rings. The van der Waals surface area contributed by atoms with Gasteiger partial charge in [0.25, 0.3) is 0 Å². The molecule has 0 aromatic heterocycles. The van der Waals surface area contributed by atoms with E-state index in [-0.39, 0.29) is 0 Å². The third-order valence-corrected chi connectivity index (χ3v) is 2.34. The third-order valence-electron chi connectivity index (χ3n) is 2.34. The van der Waals surface area contributed by atoms with Crippen LogP contribution in [0.2, 0.25) is 0 Å². The SMILES string of the molecule is CCC1CC(C)=CC=C1C. The highest BCUT2D eigenvalue weighted by atomic mass is 14.2. The largest absolute Gasteiger partial charge is 0.0727 e. The summed E-state index contributed by atoms with van der Waals surface area (Å²) in [5.74, 6) is 0.824. The Hall–Kier alpha value is -0.520. The van der Waals surface area contributed by atoms with Crippen molar-refractivity contribution in [3.63, 3.8) is 0 Å². The Bertz CT molecular complexity index is 172. The van der Waals surface area contributed by atoms with Crippen LogP contribution in [-0.4, -0.2) is 0 Å². The molecule has 1 aliphatic carbocycles. The Morgan fingerprint density at radius 3 is 2.60 bits per heavy atom. The van der Waals surface area contributed by atoms with Crippen LogP contribution in [0.3, 0.4) is 0 Å². The summed E-state index contributed by atoms with van der Waals surface area (Å²) in [4.78, 5) is 0. The van der Waals surface area contributed by atoms with Gasteiger partial charge in [0.2, 0.25) is 0 Å². The summed E-state index contributed by atoms with van der Waals surface area (Å²) >= 11 is 0. The number of hydrogen-bond donors (Lipinski definition) is 0. The van der Waals surface area contributed by atoms with Crippen molar-refractivity contribution in [3.8, 4) is 0 Å². The lowest BCUT2D eigenvalue weighted by Crippen LogP contribution is -2.04. The Morgan fingerprint density at radius 1 is 1.40 bits per heavy atom. The summed E-state index contributed by atoms with van der Waals surface area (Å²) in [6.45, 7) is 6.71. The average molecular weight is 136 g/mol. The Labute approximate surface area is 63.6 Å². The molecule has 10 heavy (non-hydrogen) atoms. The first-order valence-electron chi connectivity index (χ1n) is 4.08. The van der Waals surface area contributed by atoms with E-state index in [0.717, 1.165) is 5.92 Å². The maximum absolute atomic E-state index is 2.26. The van der Waals surface area contributed by atoms with Gasteiger partial charge in [-0.3, -0.25) is 0 Å². The van der Waals surface area contributed by atoms with Crippen molar-refractivity contribution in [3.05, 3.63) is 23.3 Å². The van der Waals surface area contributed by atoms with E-state index in [1.165, 1.54) is 18.4 Å². The minimum Gasteiger partial charge on any atom is -0.0727 e. The van der Waals surface area contributed by atoms with Crippen LogP contribution >= 0.6 is 0 Å². The van der Waals surface area contributed by atoms with E-state index in [2.05, 4.69) is 32.9 Å². The van der Waals surface area contributed by atoms with Gasteiger partial charge in [-0.2, -0.15) is 0 Å². The van der Waals surface area contributed by atoms with Crippen LogP contribution in [0.4, 0.5) is 0 Å². The summed E-state index contributed by atoms with van der Waals surface area (Å²) in [6.07, 6.45) is 7.06. The second-order valence-electron chi connectivity index (χ2n) is 3.23. The van der Waals surface area contributed by atoms with Gasteiger partial charge in [-0.25, -0.2) is 0 Å². The third kappa shape index (κ3) is 1.50. The van der Waals surface area contributed by atoms with E-state index in [0.29, 0.717) is 0 Å². The van der Waals surface area contributed by atoms with Crippen molar-refractivity contribution in [2.45, 2.75) is 33.6 Å². The molecule has 1 rings (SSSR count). The standard InChI is InChI=1S/C10H16/c1-4-10-7-8(2)5-6-9(10)3/h5-6,10H,4,7H2,1-3H3. The summed E-state index contributed by atoms with van der Waals surface area (Å²) in [7, 11) is 0. The summed E-state index contributed by atoms with van der Waals surface area (Å²) in [5, 5.41) is 0. The molecule has 1 aliphatic rings. The van der Waals surface area contributed by atoms with Crippen LogP contribution in [0.25, 0.3) is 0 Å². The van der Waals surface area contributed by atoms with Crippen LogP contribution in [0.15, 0.2) is 23.3 Å². The van der Waals surface area contributed by atoms with Gasteiger partial charge in [0.1, 0.15) is 0 Å². The second-order valence-corrected chi connectivity index (χ2v) is 3.23. The van der Waals surface area contributed by atoms with Gasteiger partial charge in [0.05, 0.1) is 0 Å². The van der Waals surface area contributed by atoms with Gasteiger partial charge in [0.15, 0.2) is 0 Å². The van der Waals surface area contributed by atoms with Crippen LogP contribution in [0, 0.1) is 5.92 Å². The van der Waals surface area contributed by atoms with E-state index in [4.69, 9.17) is 0 Å². The van der Waals surface area contributed by atoms with E-state index < -0.39 is 0 Å². The molecule has 0 saturated carbocycles. The molecule has 0 bridgehead atoms. The van der Waals surface area contributed by atoms with Crippen molar-refractivity contribution in [2.75, 3.05) is 0 Å². The molecule has 0 heteroatoms. The molecule has 0 saturated heterocycles. The van der Waals surface area contributed by atoms with Crippen LogP contribution in [-0.2, 0) is 0 Å². The molecule has 0 heterocycles. The highest BCUT2D eigenvalue weighted by molar-refractivity contribution is 5.23. The lowest BCUT2D eigenvalue weighted by Gasteiger charge is -2.19. The first-order chi connectivity index (χ1) is 4.74. The van der Waals surface area contributed by atoms with Crippen molar-refractivity contribution >= 4 is 0 Å². The van der Waals surface area contributed by atoms with Gasteiger partial charge in [-0.1, -0.05) is 30.2 Å². The lowest BCUT2D eigenvalue weighted by molar-refractivity contribution is 0.578. The monoisotopic (exact) mass is 136 g/mol. The Balaban J connectivity index is 2.68. The molecule has 0 amide bonds. The van der Waals surface area contributed by atoms with Gasteiger partial charge < -0.3 is 0 Å². The van der Waals surface area contributed by atoms with Gasteiger partial charge in [-0.05, 0) is 32.6 Å². The van der Waals surface area contributed by atoms with Gasteiger partial charge in [-0.15, -0.1) is 0 Å². The quantitative estimate of drug-likeness (QED) is 0.518. The molecule has 0 radical (unpaired) electrons. The molecule has 0 aromatic carbocycles. The zero-order chi connectivity index (χ0) is 7.56. The maximum Gasteiger partial charge on any atom is -0.0168 e. The normalized spacial score (nSPS) is 25.7. The molecule has 0 aromatic rings. The Kier molecular flexibility index (Phi) is 2.31. The first-order valence-corrected chi connectivity index (χ1v) is 4.08. The van der Waals surface area contributed by atoms with Crippen LogP contribution in [0.5, 0.6) is 0 Å². The van der Waals surface area contributed by atoms with Gasteiger partial charge in [0, 0.05) is 0 Å². The predicted octanol–water partition coefficient (Wildman–Crippen LogP) is 3.31. The smallest absolute Gasteiger partial charge is 0.0168 e. The molecule has 0 N–H and O–H groups in total. The van der Waals surface area contributed by atoms with Crippen LogP contribution < -0.4 is 0 Å². The fraction of sp³-hybridized carbons (Fsp3) is 0.600. The van der Waals surface area contributed by atoms with Gasteiger partial charge >= 0.3 is 0 Å². The number of allylic oxidation sites excluding steroid dienone is 4. The van der Waals surface area contributed by atoms with E-state index >= 15 is 0 Å². The summed E-state index contributed by atoms with van der Waals surface area (Å²) < 4.78 is 0.